The average molecular weight is 1030 g/mol. The second-order valence-electron chi connectivity index (χ2n) is 31.1. The molecule has 0 bridgehead atoms. The van der Waals surface area contributed by atoms with Gasteiger partial charge in [0.15, 0.2) is 0 Å². The third-order valence-electron chi connectivity index (χ3n) is 22.4. The molecule has 3 nitrogen and oxygen atoms in total. The van der Waals surface area contributed by atoms with Gasteiger partial charge in [0.2, 0.25) is 0 Å². The average Bonchev–Trinajstić information content (AvgIpc) is 2.30. The van der Waals surface area contributed by atoms with Crippen LogP contribution >= 0.6 is 0 Å². The van der Waals surface area contributed by atoms with Crippen LogP contribution in [-0.4, -0.2) is 11.3 Å². The van der Waals surface area contributed by atoms with Crippen LogP contribution < -0.4 is 21.3 Å². The Balaban J connectivity index is 1.19. The van der Waals surface area contributed by atoms with Gasteiger partial charge >= 0.3 is 0 Å². The van der Waals surface area contributed by atoms with Crippen LogP contribution in [0.2, 0.25) is 0 Å². The fourth-order valence-electron chi connectivity index (χ4n) is 17.0. The normalized spacial score (nSPS) is 21.7. The lowest BCUT2D eigenvalue weighted by Gasteiger charge is -2.47. The van der Waals surface area contributed by atoms with Crippen LogP contribution in [-0.2, 0) is 43.3 Å². The van der Waals surface area contributed by atoms with Crippen LogP contribution in [0.4, 0.5) is 17.1 Å². The number of benzene rings is 7. The van der Waals surface area contributed by atoms with Gasteiger partial charge in [0, 0.05) is 33.5 Å². The summed E-state index contributed by atoms with van der Waals surface area (Å²) in [5.74, 6) is 0. The highest BCUT2D eigenvalue weighted by Crippen LogP contribution is 2.57. The lowest BCUT2D eigenvalue weighted by atomic mass is 9.33. The molecule has 0 atom stereocenters. The van der Waals surface area contributed by atoms with E-state index in [-0.39, 0.29) is 50.0 Å². The van der Waals surface area contributed by atoms with E-state index in [4.69, 9.17) is 4.42 Å². The van der Waals surface area contributed by atoms with E-state index in [1.165, 1.54) is 147 Å². The molecule has 396 valence electrons. The van der Waals surface area contributed by atoms with Crippen molar-refractivity contribution >= 4 is 83.9 Å². The van der Waals surface area contributed by atoms with E-state index >= 15 is 0 Å². The predicted molar refractivity (Wildman–Crippen MR) is 334 cm³/mol. The molecule has 15 rings (SSSR count). The van der Waals surface area contributed by atoms with E-state index in [0.717, 1.165) is 43.3 Å². The van der Waals surface area contributed by atoms with Gasteiger partial charge in [-0.2, -0.15) is 0 Å². The lowest BCUT2D eigenvalue weighted by Crippen LogP contribution is -2.61. The maximum absolute atomic E-state index is 7.41. The Labute approximate surface area is 465 Å². The molecule has 0 unspecified atom stereocenters. The molecule has 0 amide bonds. The summed E-state index contributed by atoms with van der Waals surface area (Å²) in [6.45, 7) is 40.0. The van der Waals surface area contributed by atoms with Crippen LogP contribution in [0.25, 0.3) is 60.6 Å². The molecule has 0 fully saturated rings. The number of anilines is 3. The molecule has 0 radical (unpaired) electrons. The zero-order valence-corrected chi connectivity index (χ0v) is 49.9. The summed E-state index contributed by atoms with van der Waals surface area (Å²) in [4.78, 5) is 2.75. The summed E-state index contributed by atoms with van der Waals surface area (Å²) >= 11 is 0. The number of furan rings is 1. The van der Waals surface area contributed by atoms with E-state index in [1.54, 1.807) is 0 Å². The van der Waals surface area contributed by atoms with Crippen LogP contribution in [0.15, 0.2) is 108 Å². The standard InChI is InChI=1S/C74H81BN2O/c1-67(2)26-27-68(3,4)47-36-44(22-23-46(47)67)76-56-40-51-49(70(7,8)29-31-72(51,11)12)38-54(56)75-53-24-25-59-63-62-60(78-59)41-52-64(74(15,16)33-32-73(52,13)14)61(62)45-37-48-50(71(9,10)30-28-69(48,5)6)39-55(45)77(66(53)63)58-35-43(34-57(76)65(58)75)42-20-18-17-19-21-42/h17-25,34-41H,26-33H2,1-16H3. The highest BCUT2D eigenvalue weighted by Gasteiger charge is 2.49. The first-order chi connectivity index (χ1) is 36.6. The monoisotopic (exact) mass is 1020 g/mol. The summed E-state index contributed by atoms with van der Waals surface area (Å²) in [7, 11) is 0. The van der Waals surface area contributed by atoms with Crippen LogP contribution in [0.3, 0.4) is 0 Å². The van der Waals surface area contributed by atoms with Gasteiger partial charge in [-0.15, -0.1) is 0 Å². The van der Waals surface area contributed by atoms with Crippen molar-refractivity contribution in [3.05, 3.63) is 148 Å². The van der Waals surface area contributed by atoms with Crippen molar-refractivity contribution in [3.63, 3.8) is 0 Å². The van der Waals surface area contributed by atoms with E-state index in [2.05, 4.69) is 223 Å². The summed E-state index contributed by atoms with van der Waals surface area (Å²) in [6, 6.07) is 42.3. The SMILES string of the molecule is CC1(C)CCC(C)(C)c2cc(N3c4cc5c(cc4B4c6c3cc(-c3ccccc3)cc6-n3c6cc7c(cc6c6c8c(cc9oc%10ccc4c3c%10c96)C(C)(C)CCC8(C)C)C(C)(C)CCC7(C)C)C(C)(C)CCC5(C)C)ccc21. The number of fused-ring (bicyclic) bond motifs is 12. The highest BCUT2D eigenvalue weighted by molar-refractivity contribution is 7.00. The first-order valence-electron chi connectivity index (χ1n) is 30.0. The summed E-state index contributed by atoms with van der Waals surface area (Å²) < 4.78 is 10.2. The molecular weight excluding hydrogens is 944 g/mol. The van der Waals surface area contributed by atoms with Gasteiger partial charge in [0.1, 0.15) is 11.2 Å². The van der Waals surface area contributed by atoms with Gasteiger partial charge < -0.3 is 13.9 Å². The van der Waals surface area contributed by atoms with Gasteiger partial charge in [0.25, 0.3) is 6.71 Å². The van der Waals surface area contributed by atoms with Crippen molar-refractivity contribution in [1.82, 2.24) is 4.57 Å². The van der Waals surface area contributed by atoms with E-state index in [1.807, 2.05) is 0 Å². The van der Waals surface area contributed by atoms with E-state index < -0.39 is 0 Å². The Hall–Kier alpha value is -6.00. The highest BCUT2D eigenvalue weighted by atomic mass is 16.3. The lowest BCUT2D eigenvalue weighted by molar-refractivity contribution is 0.332. The largest absolute Gasteiger partial charge is 0.456 e. The Bertz CT molecular complexity index is 4160. The Kier molecular flexibility index (Phi) is 9.48. The fraction of sp³-hybridized carbons (Fsp3) is 0.432. The van der Waals surface area contributed by atoms with Gasteiger partial charge in [-0.3, -0.25) is 0 Å². The quantitative estimate of drug-likeness (QED) is 0.161. The van der Waals surface area contributed by atoms with Crippen molar-refractivity contribution in [2.45, 2.75) is 205 Å². The zero-order chi connectivity index (χ0) is 54.6. The minimum absolute atomic E-state index is 0.000911. The second-order valence-corrected chi connectivity index (χ2v) is 31.1. The maximum Gasteiger partial charge on any atom is 0.252 e. The number of aromatic nitrogens is 1. The second kappa shape index (κ2) is 15.1. The van der Waals surface area contributed by atoms with Crippen LogP contribution in [0.5, 0.6) is 0 Å². The first-order valence-corrected chi connectivity index (χ1v) is 30.0. The molecule has 78 heavy (non-hydrogen) atoms. The smallest absolute Gasteiger partial charge is 0.252 e. The number of rotatable bonds is 2. The van der Waals surface area contributed by atoms with Crippen molar-refractivity contribution in [2.24, 2.45) is 0 Å². The molecule has 7 aromatic carbocycles. The van der Waals surface area contributed by atoms with Crippen molar-refractivity contribution < 1.29 is 4.42 Å². The summed E-state index contributed by atoms with van der Waals surface area (Å²) in [5, 5.41) is 5.34. The molecule has 0 saturated carbocycles. The van der Waals surface area contributed by atoms with E-state index in [9.17, 15) is 0 Å². The topological polar surface area (TPSA) is 21.3 Å². The molecule has 4 aliphatic carbocycles. The molecular formula is C74H81BN2O. The third-order valence-corrected chi connectivity index (χ3v) is 22.4. The van der Waals surface area contributed by atoms with Gasteiger partial charge in [-0.05, 0) is 227 Å². The molecule has 2 aromatic heterocycles. The Morgan fingerprint density at radius 2 is 0.923 bits per heavy atom. The van der Waals surface area contributed by atoms with Crippen LogP contribution in [0, 0.1) is 0 Å². The minimum Gasteiger partial charge on any atom is -0.456 e. The fourth-order valence-corrected chi connectivity index (χ4v) is 17.0. The number of nitrogens with zero attached hydrogens (tertiary/aromatic N) is 2. The van der Waals surface area contributed by atoms with Gasteiger partial charge in [-0.1, -0.05) is 159 Å². The molecule has 4 heteroatoms. The summed E-state index contributed by atoms with van der Waals surface area (Å²) in [5.41, 5.74) is 28.6. The van der Waals surface area contributed by atoms with E-state index in [0.29, 0.717) is 0 Å². The summed E-state index contributed by atoms with van der Waals surface area (Å²) in [6.07, 6.45) is 9.29. The predicted octanol–water partition coefficient (Wildman–Crippen LogP) is 18.4. The molecule has 2 aliphatic heterocycles. The van der Waals surface area contributed by atoms with Crippen molar-refractivity contribution in [1.29, 1.82) is 0 Å². The number of hydrogen-bond donors (Lipinski definition) is 0. The van der Waals surface area contributed by atoms with Gasteiger partial charge in [0.05, 0.1) is 16.4 Å². The first kappa shape index (κ1) is 49.1. The minimum atomic E-state index is -0.0537. The molecule has 0 spiro atoms. The van der Waals surface area contributed by atoms with Crippen molar-refractivity contribution in [3.8, 4) is 16.8 Å². The Morgan fingerprint density at radius 1 is 0.385 bits per heavy atom. The third kappa shape index (κ3) is 6.41. The molecule has 0 N–H and O–H groups in total. The Morgan fingerprint density at radius 3 is 1.56 bits per heavy atom. The molecule has 6 aliphatic rings. The van der Waals surface area contributed by atoms with Gasteiger partial charge in [-0.25, -0.2) is 0 Å². The molecule has 9 aromatic rings. The molecule has 0 saturated heterocycles. The zero-order valence-electron chi connectivity index (χ0n) is 49.9. The molecule has 4 heterocycles. The van der Waals surface area contributed by atoms with Crippen LogP contribution in [0.1, 0.15) is 207 Å². The van der Waals surface area contributed by atoms with Crippen molar-refractivity contribution in [2.75, 3.05) is 4.90 Å². The number of hydrogen-bond acceptors (Lipinski definition) is 2. The maximum atomic E-state index is 7.41.